The summed E-state index contributed by atoms with van der Waals surface area (Å²) in [6.07, 6.45) is -4.76. The molecule has 1 unspecified atom stereocenters. The number of anilines is 1. The van der Waals surface area contributed by atoms with E-state index in [0.717, 1.165) is 5.56 Å². The highest BCUT2D eigenvalue weighted by molar-refractivity contribution is 5.94. The maximum Gasteiger partial charge on any atom is 0.422 e. The van der Waals surface area contributed by atoms with E-state index in [4.69, 9.17) is 0 Å². The Balaban J connectivity index is 1.92. The number of hydrogen-bond donors (Lipinski definition) is 3. The minimum Gasteiger partial charge on any atom is -0.376 e. The van der Waals surface area contributed by atoms with Crippen molar-refractivity contribution in [1.82, 2.24) is 10.2 Å². The summed E-state index contributed by atoms with van der Waals surface area (Å²) >= 11 is 0. The second kappa shape index (κ2) is 4.60. The minimum absolute atomic E-state index is 0.225. The van der Waals surface area contributed by atoms with Crippen molar-refractivity contribution in [1.29, 1.82) is 0 Å². The van der Waals surface area contributed by atoms with Crippen molar-refractivity contribution >= 4 is 11.7 Å². The molecule has 1 aromatic carbocycles. The lowest BCUT2D eigenvalue weighted by Gasteiger charge is -2.34. The zero-order valence-corrected chi connectivity index (χ0v) is 12.4. The first-order chi connectivity index (χ1) is 11.3. The number of benzene rings is 1. The van der Waals surface area contributed by atoms with Gasteiger partial charge in [0, 0.05) is 5.41 Å². The van der Waals surface area contributed by atoms with Crippen molar-refractivity contribution in [2.75, 3.05) is 5.32 Å². The van der Waals surface area contributed by atoms with E-state index >= 15 is 0 Å². The number of aliphatic hydroxyl groups is 1. The number of nitrogens with zero attached hydrogens (tertiary/aromatic N) is 1. The van der Waals surface area contributed by atoms with Crippen molar-refractivity contribution in [2.45, 2.75) is 36.5 Å². The van der Waals surface area contributed by atoms with E-state index in [1.165, 1.54) is 0 Å². The smallest absolute Gasteiger partial charge is 0.376 e. The van der Waals surface area contributed by atoms with Gasteiger partial charge >= 0.3 is 6.18 Å². The van der Waals surface area contributed by atoms with E-state index in [0.29, 0.717) is 12.8 Å². The van der Waals surface area contributed by atoms with E-state index in [1.807, 2.05) is 30.3 Å². The molecule has 4 rings (SSSR count). The normalized spacial score (nSPS) is 25.1. The van der Waals surface area contributed by atoms with Crippen molar-refractivity contribution < 1.29 is 23.1 Å². The van der Waals surface area contributed by atoms with E-state index in [-0.39, 0.29) is 17.1 Å². The summed E-state index contributed by atoms with van der Waals surface area (Å²) in [5.41, 5.74) is -3.15. The second-order valence-electron chi connectivity index (χ2n) is 6.35. The van der Waals surface area contributed by atoms with Crippen molar-refractivity contribution in [3.05, 3.63) is 47.2 Å². The summed E-state index contributed by atoms with van der Waals surface area (Å²) in [6, 6.07) is 9.14. The van der Waals surface area contributed by atoms with Crippen LogP contribution in [0, 0.1) is 0 Å². The Labute approximate surface area is 134 Å². The third-order valence-electron chi connectivity index (χ3n) is 4.88. The third-order valence-corrected chi connectivity index (χ3v) is 4.88. The molecule has 24 heavy (non-hydrogen) atoms. The lowest BCUT2D eigenvalue weighted by molar-refractivity contribution is -0.267. The molecule has 1 saturated carbocycles. The fraction of sp³-hybridized carbons (Fsp3) is 0.375. The summed E-state index contributed by atoms with van der Waals surface area (Å²) in [7, 11) is 0. The Hall–Kier alpha value is -2.35. The number of rotatable bonds is 2. The van der Waals surface area contributed by atoms with Gasteiger partial charge in [0.1, 0.15) is 0 Å². The van der Waals surface area contributed by atoms with Crippen LogP contribution in [0.25, 0.3) is 0 Å². The molecule has 8 heteroatoms. The van der Waals surface area contributed by atoms with E-state index in [1.54, 1.807) is 0 Å². The number of fused-ring (bicyclic) bond motifs is 1. The van der Waals surface area contributed by atoms with E-state index < -0.39 is 29.5 Å². The van der Waals surface area contributed by atoms with Gasteiger partial charge in [0.15, 0.2) is 11.4 Å². The number of aromatic nitrogens is 2. The van der Waals surface area contributed by atoms with Crippen LogP contribution >= 0.6 is 0 Å². The first-order valence-corrected chi connectivity index (χ1v) is 7.52. The Morgan fingerprint density at radius 1 is 1.17 bits per heavy atom. The number of alkyl halides is 3. The highest BCUT2D eigenvalue weighted by Gasteiger charge is 2.63. The molecule has 2 aromatic rings. The fourth-order valence-electron chi connectivity index (χ4n) is 3.49. The molecular weight excluding hydrogens is 323 g/mol. The van der Waals surface area contributed by atoms with Gasteiger partial charge in [0.25, 0.3) is 0 Å². The quantitative estimate of drug-likeness (QED) is 0.788. The number of aromatic amines is 1. The van der Waals surface area contributed by atoms with Crippen LogP contribution in [-0.2, 0) is 15.8 Å². The van der Waals surface area contributed by atoms with Crippen LogP contribution in [0.4, 0.5) is 19.0 Å². The summed E-state index contributed by atoms with van der Waals surface area (Å²) in [6.45, 7) is 0. The van der Waals surface area contributed by atoms with Gasteiger partial charge in [0.2, 0.25) is 5.91 Å². The highest BCUT2D eigenvalue weighted by Crippen LogP contribution is 2.58. The lowest BCUT2D eigenvalue weighted by atomic mass is 9.80. The lowest BCUT2D eigenvalue weighted by Crippen LogP contribution is -2.49. The monoisotopic (exact) mass is 337 g/mol. The minimum atomic E-state index is -4.98. The average Bonchev–Trinajstić information content (AvgIpc) is 3.21. The first-order valence-electron chi connectivity index (χ1n) is 7.52. The molecule has 0 saturated heterocycles. The SMILES string of the molecule is O=C1CC(O)(C(F)(F)F)c2c(n[nH]c2C2(c3ccccc3)CC2)N1. The van der Waals surface area contributed by atoms with Gasteiger partial charge < -0.3 is 10.4 Å². The van der Waals surface area contributed by atoms with Crippen molar-refractivity contribution in [3.63, 3.8) is 0 Å². The van der Waals surface area contributed by atoms with Crippen LogP contribution in [-0.4, -0.2) is 27.4 Å². The van der Waals surface area contributed by atoms with Gasteiger partial charge in [-0.1, -0.05) is 30.3 Å². The maximum atomic E-state index is 13.6. The highest BCUT2D eigenvalue weighted by atomic mass is 19.4. The van der Waals surface area contributed by atoms with Crippen molar-refractivity contribution in [2.24, 2.45) is 0 Å². The number of hydrogen-bond acceptors (Lipinski definition) is 3. The molecule has 5 nitrogen and oxygen atoms in total. The van der Waals surface area contributed by atoms with Gasteiger partial charge in [-0.15, -0.1) is 0 Å². The van der Waals surface area contributed by atoms with E-state index in [2.05, 4.69) is 15.5 Å². The van der Waals surface area contributed by atoms with Crippen LogP contribution in [0.15, 0.2) is 30.3 Å². The topological polar surface area (TPSA) is 78.0 Å². The number of H-pyrrole nitrogens is 1. The molecule has 1 aromatic heterocycles. The molecule has 3 N–H and O–H groups in total. The molecule has 2 heterocycles. The van der Waals surface area contributed by atoms with Crippen LogP contribution in [0.3, 0.4) is 0 Å². The van der Waals surface area contributed by atoms with Crippen LogP contribution < -0.4 is 5.32 Å². The van der Waals surface area contributed by atoms with Gasteiger partial charge in [-0.3, -0.25) is 9.89 Å². The molecule has 0 radical (unpaired) electrons. The van der Waals surface area contributed by atoms with Crippen LogP contribution in [0.2, 0.25) is 0 Å². The zero-order chi connectivity index (χ0) is 17.2. The molecule has 0 bridgehead atoms. The molecule has 126 valence electrons. The summed E-state index contributed by atoms with van der Waals surface area (Å²) < 4.78 is 40.7. The number of amides is 1. The van der Waals surface area contributed by atoms with E-state index in [9.17, 15) is 23.1 Å². The van der Waals surface area contributed by atoms with Gasteiger partial charge in [-0.25, -0.2) is 0 Å². The number of nitrogens with one attached hydrogen (secondary N) is 2. The predicted octanol–water partition coefficient (Wildman–Crippen LogP) is 2.58. The molecule has 2 aliphatic rings. The Morgan fingerprint density at radius 2 is 1.83 bits per heavy atom. The fourth-order valence-corrected chi connectivity index (χ4v) is 3.49. The average molecular weight is 337 g/mol. The molecule has 1 amide bonds. The van der Waals surface area contributed by atoms with Gasteiger partial charge in [-0.05, 0) is 18.4 Å². The van der Waals surface area contributed by atoms with Gasteiger partial charge in [0.05, 0.1) is 17.7 Å². The maximum absolute atomic E-state index is 13.6. The largest absolute Gasteiger partial charge is 0.422 e. The zero-order valence-electron chi connectivity index (χ0n) is 12.4. The first kappa shape index (κ1) is 15.2. The Kier molecular flexibility index (Phi) is 2.91. The third kappa shape index (κ3) is 1.92. The molecular formula is C16H14F3N3O2. The molecule has 1 aliphatic heterocycles. The second-order valence-corrected chi connectivity index (χ2v) is 6.35. The van der Waals surface area contributed by atoms with Gasteiger partial charge in [-0.2, -0.15) is 18.3 Å². The Bertz CT molecular complexity index is 812. The predicted molar refractivity (Wildman–Crippen MR) is 78.2 cm³/mol. The Morgan fingerprint density at radius 3 is 2.42 bits per heavy atom. The standard InChI is InChI=1S/C16H14F3N3O2/c17-16(18,19)15(24)8-10(23)20-13-11(15)12(21-22-13)14(6-7-14)9-4-2-1-3-5-9/h1-5,24H,6-8H2,(H2,20,21,22,23). The van der Waals surface area contributed by atoms with Crippen LogP contribution in [0.5, 0.6) is 0 Å². The summed E-state index contributed by atoms with van der Waals surface area (Å²) in [5.74, 6) is -1.16. The summed E-state index contributed by atoms with van der Waals surface area (Å²) in [5, 5.41) is 19.2. The number of halogens is 3. The van der Waals surface area contributed by atoms with Crippen molar-refractivity contribution in [3.8, 4) is 0 Å². The molecule has 1 atom stereocenters. The number of carbonyl (C=O) groups is 1. The molecule has 1 fully saturated rings. The molecule has 0 spiro atoms. The molecule has 1 aliphatic carbocycles. The number of carbonyl (C=O) groups excluding carboxylic acids is 1. The summed E-state index contributed by atoms with van der Waals surface area (Å²) in [4.78, 5) is 11.6. The van der Waals surface area contributed by atoms with Crippen LogP contribution in [0.1, 0.15) is 36.1 Å².